The highest BCUT2D eigenvalue weighted by atomic mass is 32.2. The van der Waals surface area contributed by atoms with E-state index in [0.29, 0.717) is 18.7 Å². The second kappa shape index (κ2) is 13.2. The third kappa shape index (κ3) is 8.73. The second-order valence-electron chi connectivity index (χ2n) is 11.7. The van der Waals surface area contributed by atoms with Gasteiger partial charge in [0.05, 0.1) is 16.4 Å². The van der Waals surface area contributed by atoms with Crippen molar-refractivity contribution in [2.24, 2.45) is 5.41 Å². The minimum absolute atomic E-state index is 0.0724. The minimum atomic E-state index is -4.27. The number of anilines is 1. The van der Waals surface area contributed by atoms with E-state index >= 15 is 0 Å². The van der Waals surface area contributed by atoms with Crippen molar-refractivity contribution < 1.29 is 37.1 Å². The average molecular weight is 605 g/mol. The number of ketones is 1. The van der Waals surface area contributed by atoms with Crippen molar-refractivity contribution in [3.05, 3.63) is 48.3 Å². The van der Waals surface area contributed by atoms with Crippen molar-refractivity contribution in [2.45, 2.75) is 76.0 Å². The standard InChI is InChI=1S/C29H40N4O8S/c1-19(34)31-20-9-11-22(12-10-20)42(38,39)32-24(26(36)41-28(2,3)4)18-29(25(35)23-8-7-17-30-23)15-13-21(14-16-29)40-27(37)33(5)6/h9-15,23-24,30,32H,7-8,16-18H2,1-6H3,(H,31,34)/t23-,24-,29?/m0/s1. The summed E-state index contributed by atoms with van der Waals surface area (Å²) in [5.41, 5.74) is -1.82. The lowest BCUT2D eigenvalue weighted by molar-refractivity contribution is -0.157. The zero-order chi connectivity index (χ0) is 31.3. The Morgan fingerprint density at radius 1 is 1.14 bits per heavy atom. The van der Waals surface area contributed by atoms with Crippen molar-refractivity contribution in [2.75, 3.05) is 26.0 Å². The van der Waals surface area contributed by atoms with Crippen molar-refractivity contribution in [3.63, 3.8) is 0 Å². The summed E-state index contributed by atoms with van der Waals surface area (Å²) in [4.78, 5) is 51.9. The number of Topliss-reactive ketones (excluding diaryl/α,β-unsaturated/α-hetero) is 1. The first-order valence-electron chi connectivity index (χ1n) is 13.7. The second-order valence-corrected chi connectivity index (χ2v) is 13.4. The van der Waals surface area contributed by atoms with Crippen LogP contribution < -0.4 is 15.4 Å². The van der Waals surface area contributed by atoms with Crippen LogP contribution in [0.5, 0.6) is 0 Å². The molecule has 0 saturated carbocycles. The summed E-state index contributed by atoms with van der Waals surface area (Å²) in [5, 5.41) is 5.76. The number of esters is 1. The maximum absolute atomic E-state index is 13.9. The summed E-state index contributed by atoms with van der Waals surface area (Å²) in [5.74, 6) is -1.10. The van der Waals surface area contributed by atoms with Gasteiger partial charge in [-0.15, -0.1) is 0 Å². The number of benzene rings is 1. The van der Waals surface area contributed by atoms with Gasteiger partial charge in [0.15, 0.2) is 5.78 Å². The Bertz CT molecular complexity index is 1360. The van der Waals surface area contributed by atoms with Gasteiger partial charge in [-0.25, -0.2) is 13.2 Å². The Kier molecular flexibility index (Phi) is 10.3. The summed E-state index contributed by atoms with van der Waals surface area (Å²) in [6.45, 7) is 6.98. The number of hydrogen-bond donors (Lipinski definition) is 3. The van der Waals surface area contributed by atoms with E-state index in [1.54, 1.807) is 47.0 Å². The van der Waals surface area contributed by atoms with Crippen molar-refractivity contribution in [3.8, 4) is 0 Å². The first kappa shape index (κ1) is 33.0. The molecule has 13 heteroatoms. The molecule has 0 bridgehead atoms. The molecule has 1 unspecified atom stereocenters. The molecule has 1 saturated heterocycles. The fraction of sp³-hybridized carbons (Fsp3) is 0.517. The van der Waals surface area contributed by atoms with E-state index < -0.39 is 45.2 Å². The highest BCUT2D eigenvalue weighted by Crippen LogP contribution is 2.39. The Morgan fingerprint density at radius 3 is 2.31 bits per heavy atom. The average Bonchev–Trinajstić information content (AvgIpc) is 3.43. The molecule has 3 atom stereocenters. The third-order valence-electron chi connectivity index (χ3n) is 6.71. The number of allylic oxidation sites excluding steroid dienone is 3. The van der Waals surface area contributed by atoms with Gasteiger partial charge >= 0.3 is 12.1 Å². The highest BCUT2D eigenvalue weighted by Gasteiger charge is 2.46. The molecule has 2 aliphatic rings. The molecular formula is C29H40N4O8S. The maximum Gasteiger partial charge on any atom is 0.414 e. The molecule has 3 N–H and O–H groups in total. The lowest BCUT2D eigenvalue weighted by atomic mass is 9.70. The highest BCUT2D eigenvalue weighted by molar-refractivity contribution is 7.89. The van der Waals surface area contributed by atoms with E-state index in [0.717, 1.165) is 6.42 Å². The quantitative estimate of drug-likeness (QED) is 0.341. The van der Waals surface area contributed by atoms with E-state index in [1.165, 1.54) is 42.2 Å². The Hall–Kier alpha value is -3.55. The molecule has 0 aromatic heterocycles. The van der Waals surface area contributed by atoms with Crippen LogP contribution in [0, 0.1) is 5.41 Å². The summed E-state index contributed by atoms with van der Waals surface area (Å²) in [6.07, 6.45) is 5.33. The molecule has 1 aromatic rings. The van der Waals surface area contributed by atoms with E-state index in [-0.39, 0.29) is 35.2 Å². The predicted octanol–water partition coefficient (Wildman–Crippen LogP) is 2.87. The van der Waals surface area contributed by atoms with Crippen LogP contribution >= 0.6 is 0 Å². The van der Waals surface area contributed by atoms with Crippen molar-refractivity contribution in [1.29, 1.82) is 0 Å². The molecule has 1 fully saturated rings. The molecule has 1 aliphatic carbocycles. The maximum atomic E-state index is 13.9. The number of nitrogens with one attached hydrogen (secondary N) is 3. The van der Waals surface area contributed by atoms with E-state index in [1.807, 2.05) is 0 Å². The van der Waals surface area contributed by atoms with Crippen LogP contribution in [0.1, 0.15) is 53.4 Å². The molecule has 2 amide bonds. The summed E-state index contributed by atoms with van der Waals surface area (Å²) in [6, 6.07) is 3.56. The number of sulfonamides is 1. The van der Waals surface area contributed by atoms with E-state index in [4.69, 9.17) is 9.47 Å². The first-order chi connectivity index (χ1) is 19.5. The molecular weight excluding hydrogens is 564 g/mol. The lowest BCUT2D eigenvalue weighted by Gasteiger charge is -2.36. The van der Waals surface area contributed by atoms with Crippen molar-refractivity contribution in [1.82, 2.24) is 14.9 Å². The van der Waals surface area contributed by atoms with Gasteiger partial charge in [0.25, 0.3) is 0 Å². The number of ether oxygens (including phenoxy) is 2. The lowest BCUT2D eigenvalue weighted by Crippen LogP contribution is -2.51. The normalized spacial score (nSPS) is 21.2. The number of hydrogen-bond acceptors (Lipinski definition) is 9. The Morgan fingerprint density at radius 2 is 1.81 bits per heavy atom. The van der Waals surface area contributed by atoms with Crippen LogP contribution in [-0.4, -0.2) is 75.4 Å². The van der Waals surface area contributed by atoms with Gasteiger partial charge in [-0.2, -0.15) is 4.72 Å². The fourth-order valence-corrected chi connectivity index (χ4v) is 5.89. The smallest absolute Gasteiger partial charge is 0.414 e. The van der Waals surface area contributed by atoms with Gasteiger partial charge in [0.1, 0.15) is 17.4 Å². The molecule has 1 aromatic carbocycles. The SMILES string of the molecule is CC(=O)Nc1ccc(S(=O)(=O)N[C@@H](CC2(C(=O)[C@@H]3CCCN3)C=CC(OC(=O)N(C)C)=CC2)C(=O)OC(C)(C)C)cc1. The van der Waals surface area contributed by atoms with Gasteiger partial charge in [-0.1, -0.05) is 6.08 Å². The van der Waals surface area contributed by atoms with Gasteiger partial charge in [0.2, 0.25) is 15.9 Å². The van der Waals surface area contributed by atoms with E-state index in [9.17, 15) is 27.6 Å². The van der Waals surface area contributed by atoms with E-state index in [2.05, 4.69) is 15.4 Å². The number of carbonyl (C=O) groups is 4. The van der Waals surface area contributed by atoms with Crippen LogP contribution in [0.25, 0.3) is 0 Å². The number of nitrogens with zero attached hydrogens (tertiary/aromatic N) is 1. The van der Waals surface area contributed by atoms with Crippen LogP contribution in [0.4, 0.5) is 10.5 Å². The zero-order valence-corrected chi connectivity index (χ0v) is 25.7. The van der Waals surface area contributed by atoms with Gasteiger partial charge < -0.3 is 25.0 Å². The molecule has 230 valence electrons. The molecule has 0 spiro atoms. The molecule has 12 nitrogen and oxygen atoms in total. The van der Waals surface area contributed by atoms with Gasteiger partial charge in [-0.3, -0.25) is 14.4 Å². The molecule has 42 heavy (non-hydrogen) atoms. The predicted molar refractivity (Wildman–Crippen MR) is 156 cm³/mol. The molecule has 1 heterocycles. The van der Waals surface area contributed by atoms with Crippen LogP contribution in [-0.2, 0) is 33.9 Å². The van der Waals surface area contributed by atoms with Gasteiger partial charge in [0, 0.05) is 26.7 Å². The number of carbonyl (C=O) groups excluding carboxylic acids is 4. The fourth-order valence-electron chi connectivity index (χ4n) is 4.70. The Labute approximate surface area is 246 Å². The van der Waals surface area contributed by atoms with Crippen LogP contribution in [0.3, 0.4) is 0 Å². The molecule has 3 rings (SSSR count). The minimum Gasteiger partial charge on any atom is -0.459 e. The summed E-state index contributed by atoms with van der Waals surface area (Å²) >= 11 is 0. The number of rotatable bonds is 10. The Balaban J connectivity index is 1.96. The van der Waals surface area contributed by atoms with Crippen LogP contribution in [0.2, 0.25) is 0 Å². The number of amides is 2. The van der Waals surface area contributed by atoms with Crippen LogP contribution in [0.15, 0.2) is 53.1 Å². The summed E-state index contributed by atoms with van der Waals surface area (Å²) < 4.78 is 40.3. The monoisotopic (exact) mass is 604 g/mol. The molecule has 0 radical (unpaired) electrons. The summed E-state index contributed by atoms with van der Waals surface area (Å²) in [7, 11) is -1.19. The zero-order valence-electron chi connectivity index (χ0n) is 24.9. The molecule has 1 aliphatic heterocycles. The van der Waals surface area contributed by atoms with Gasteiger partial charge in [-0.05, 0) is 89.4 Å². The third-order valence-corrected chi connectivity index (χ3v) is 8.20. The largest absolute Gasteiger partial charge is 0.459 e. The van der Waals surface area contributed by atoms with Crippen molar-refractivity contribution >= 4 is 39.5 Å². The topological polar surface area (TPSA) is 160 Å². The first-order valence-corrected chi connectivity index (χ1v) is 15.2.